The number of likely N-dealkylation sites (N-methyl/N-ethyl adjacent to an activating group) is 1. The van der Waals surface area contributed by atoms with Crippen LogP contribution in [0.25, 0.3) is 0 Å². The highest BCUT2D eigenvalue weighted by molar-refractivity contribution is 5.92. The van der Waals surface area contributed by atoms with Crippen molar-refractivity contribution in [2.75, 3.05) is 25.6 Å². The predicted octanol–water partition coefficient (Wildman–Crippen LogP) is 2.69. The number of hydrogen-bond donors (Lipinski definition) is 0. The monoisotopic (exact) mass is 329 g/mol. The topological polar surface area (TPSA) is 58.8 Å². The smallest absolute Gasteiger partial charge is 0.276 e. The van der Waals surface area contributed by atoms with Crippen molar-refractivity contribution < 1.29 is 14.1 Å². The first-order chi connectivity index (χ1) is 11.6. The molecule has 3 rings (SSSR count). The van der Waals surface area contributed by atoms with Crippen LogP contribution in [-0.2, 0) is 17.9 Å². The normalized spacial score (nSPS) is 17.5. The Morgan fingerprint density at radius 3 is 2.96 bits per heavy atom. The minimum absolute atomic E-state index is 0.0990. The minimum atomic E-state index is -0.0990. The van der Waals surface area contributed by atoms with Gasteiger partial charge in [0.15, 0.2) is 11.5 Å². The molecule has 6 nitrogen and oxygen atoms in total. The van der Waals surface area contributed by atoms with Gasteiger partial charge in [-0.1, -0.05) is 30.3 Å². The second-order valence-electron chi connectivity index (χ2n) is 6.12. The van der Waals surface area contributed by atoms with Gasteiger partial charge in [-0.3, -0.25) is 4.79 Å². The molecule has 1 aliphatic rings. The zero-order chi connectivity index (χ0) is 17.1. The molecule has 0 bridgehead atoms. The van der Waals surface area contributed by atoms with Gasteiger partial charge < -0.3 is 19.1 Å². The summed E-state index contributed by atoms with van der Waals surface area (Å²) in [5, 5.41) is 3.92. The number of benzene rings is 1. The number of fused-ring (bicyclic) bond motifs is 1. The third-order valence-corrected chi connectivity index (χ3v) is 4.47. The molecule has 24 heavy (non-hydrogen) atoms. The van der Waals surface area contributed by atoms with Gasteiger partial charge in [-0.2, -0.15) is 0 Å². The zero-order valence-corrected chi connectivity index (χ0v) is 14.4. The number of para-hydroxylation sites is 1. The number of anilines is 1. The van der Waals surface area contributed by atoms with E-state index < -0.39 is 0 Å². The van der Waals surface area contributed by atoms with E-state index in [9.17, 15) is 4.79 Å². The molecule has 0 spiro atoms. The molecular weight excluding hydrogens is 306 g/mol. The molecule has 2 heterocycles. The highest BCUT2D eigenvalue weighted by Crippen LogP contribution is 2.28. The van der Waals surface area contributed by atoms with E-state index in [1.807, 2.05) is 17.0 Å². The Balaban J connectivity index is 1.90. The second-order valence-corrected chi connectivity index (χ2v) is 6.12. The maximum Gasteiger partial charge on any atom is 0.276 e. The van der Waals surface area contributed by atoms with Crippen molar-refractivity contribution in [3.63, 3.8) is 0 Å². The van der Waals surface area contributed by atoms with Crippen molar-refractivity contribution in [3.8, 4) is 0 Å². The Hall–Kier alpha value is -2.34. The molecule has 0 unspecified atom stereocenters. The number of ether oxygens (including phenoxy) is 1. The fourth-order valence-corrected chi connectivity index (χ4v) is 3.20. The summed E-state index contributed by atoms with van der Waals surface area (Å²) in [7, 11) is 3.65. The lowest BCUT2D eigenvalue weighted by Crippen LogP contribution is -2.43. The molecule has 1 aromatic carbocycles. The van der Waals surface area contributed by atoms with E-state index in [2.05, 4.69) is 36.2 Å². The van der Waals surface area contributed by atoms with E-state index in [4.69, 9.17) is 9.26 Å². The van der Waals surface area contributed by atoms with E-state index in [0.717, 1.165) is 18.5 Å². The lowest BCUT2D eigenvalue weighted by atomic mass is 10.1. The summed E-state index contributed by atoms with van der Waals surface area (Å²) in [5.74, 6) is 0.458. The van der Waals surface area contributed by atoms with Gasteiger partial charge in [-0.15, -0.1) is 0 Å². The van der Waals surface area contributed by atoms with Crippen LogP contribution < -0.4 is 4.90 Å². The van der Waals surface area contributed by atoms with Crippen molar-refractivity contribution in [1.82, 2.24) is 10.1 Å². The summed E-state index contributed by atoms with van der Waals surface area (Å²) in [6.07, 6.45) is 0.882. The molecule has 6 heteroatoms. The number of nitrogens with zero attached hydrogens (tertiary/aromatic N) is 3. The number of hydrogen-bond acceptors (Lipinski definition) is 5. The standard InChI is InChI=1S/C18H23N3O3/c1-4-14-11-20(2)17-8-6-5-7-13(17)10-21(14)18(22)16-9-15(12-23-3)24-19-16/h5-9,14H,4,10-12H2,1-3H3/t14-/m0/s1. The van der Waals surface area contributed by atoms with Gasteiger partial charge in [0.25, 0.3) is 5.91 Å². The Bertz CT molecular complexity index is 713. The number of carbonyl (C=O) groups is 1. The van der Waals surface area contributed by atoms with Crippen molar-refractivity contribution in [1.29, 1.82) is 0 Å². The van der Waals surface area contributed by atoms with Crippen molar-refractivity contribution >= 4 is 11.6 Å². The molecule has 0 saturated heterocycles. The molecule has 1 atom stereocenters. The maximum atomic E-state index is 13.0. The highest BCUT2D eigenvalue weighted by Gasteiger charge is 2.30. The van der Waals surface area contributed by atoms with E-state index in [0.29, 0.717) is 24.6 Å². The summed E-state index contributed by atoms with van der Waals surface area (Å²) in [5.41, 5.74) is 2.65. The quantitative estimate of drug-likeness (QED) is 0.863. The summed E-state index contributed by atoms with van der Waals surface area (Å²) in [4.78, 5) is 17.1. The summed E-state index contributed by atoms with van der Waals surface area (Å²) in [6, 6.07) is 10.00. The Morgan fingerprint density at radius 1 is 1.42 bits per heavy atom. The molecule has 1 aliphatic heterocycles. The van der Waals surface area contributed by atoms with Crippen molar-refractivity contribution in [2.24, 2.45) is 0 Å². The molecule has 0 fully saturated rings. The van der Waals surface area contributed by atoms with Gasteiger partial charge >= 0.3 is 0 Å². The van der Waals surface area contributed by atoms with Crippen LogP contribution in [0.3, 0.4) is 0 Å². The van der Waals surface area contributed by atoms with Gasteiger partial charge in [-0.25, -0.2) is 0 Å². The average Bonchev–Trinajstić information content (AvgIpc) is 3.00. The lowest BCUT2D eigenvalue weighted by molar-refractivity contribution is 0.0656. The van der Waals surface area contributed by atoms with Crippen LogP contribution in [0.1, 0.15) is 35.2 Å². The van der Waals surface area contributed by atoms with Gasteiger partial charge in [-0.05, 0) is 18.1 Å². The van der Waals surface area contributed by atoms with Gasteiger partial charge in [0, 0.05) is 45.0 Å². The number of carbonyl (C=O) groups excluding carboxylic acids is 1. The van der Waals surface area contributed by atoms with E-state index in [1.54, 1.807) is 13.2 Å². The molecule has 128 valence electrons. The first-order valence-corrected chi connectivity index (χ1v) is 8.18. The third kappa shape index (κ3) is 3.14. The molecule has 0 radical (unpaired) electrons. The molecular formula is C18H23N3O3. The number of methoxy groups -OCH3 is 1. The van der Waals surface area contributed by atoms with Crippen LogP contribution in [0, 0.1) is 0 Å². The Morgan fingerprint density at radius 2 is 2.21 bits per heavy atom. The van der Waals surface area contributed by atoms with Gasteiger partial charge in [0.05, 0.1) is 0 Å². The Labute approximate surface area is 142 Å². The number of rotatable bonds is 4. The van der Waals surface area contributed by atoms with Crippen LogP contribution in [0.4, 0.5) is 5.69 Å². The van der Waals surface area contributed by atoms with E-state index in [1.165, 1.54) is 5.69 Å². The first kappa shape index (κ1) is 16.5. The van der Waals surface area contributed by atoms with Crippen molar-refractivity contribution in [2.45, 2.75) is 32.5 Å². The molecule has 1 amide bonds. The maximum absolute atomic E-state index is 13.0. The fraction of sp³-hybridized carbons (Fsp3) is 0.444. The summed E-state index contributed by atoms with van der Waals surface area (Å²) in [6.45, 7) is 3.78. The number of aromatic nitrogens is 1. The summed E-state index contributed by atoms with van der Waals surface area (Å²) >= 11 is 0. The Kier molecular flexibility index (Phi) is 4.85. The zero-order valence-electron chi connectivity index (χ0n) is 14.4. The van der Waals surface area contributed by atoms with E-state index in [-0.39, 0.29) is 11.9 Å². The van der Waals surface area contributed by atoms with Crippen LogP contribution in [-0.4, -0.2) is 42.7 Å². The molecule has 1 aromatic heterocycles. The molecule has 0 N–H and O–H groups in total. The van der Waals surface area contributed by atoms with Crippen LogP contribution >= 0.6 is 0 Å². The van der Waals surface area contributed by atoms with Crippen molar-refractivity contribution in [3.05, 3.63) is 47.3 Å². The minimum Gasteiger partial charge on any atom is -0.377 e. The van der Waals surface area contributed by atoms with Gasteiger partial charge in [0.1, 0.15) is 6.61 Å². The van der Waals surface area contributed by atoms with E-state index >= 15 is 0 Å². The van der Waals surface area contributed by atoms with Crippen LogP contribution in [0.15, 0.2) is 34.9 Å². The van der Waals surface area contributed by atoms with Crippen LogP contribution in [0.2, 0.25) is 0 Å². The third-order valence-electron chi connectivity index (χ3n) is 4.47. The molecule has 0 saturated carbocycles. The lowest BCUT2D eigenvalue weighted by Gasteiger charge is -2.30. The molecule has 2 aromatic rings. The second kappa shape index (κ2) is 7.05. The molecule has 0 aliphatic carbocycles. The number of amides is 1. The SMILES string of the molecule is CC[C@H]1CN(C)c2ccccc2CN1C(=O)c1cc(COC)on1. The summed E-state index contributed by atoms with van der Waals surface area (Å²) < 4.78 is 10.2. The average molecular weight is 329 g/mol. The highest BCUT2D eigenvalue weighted by atomic mass is 16.5. The predicted molar refractivity (Wildman–Crippen MR) is 90.9 cm³/mol. The van der Waals surface area contributed by atoms with Crippen LogP contribution in [0.5, 0.6) is 0 Å². The fourth-order valence-electron chi connectivity index (χ4n) is 3.20. The largest absolute Gasteiger partial charge is 0.377 e. The first-order valence-electron chi connectivity index (χ1n) is 8.18. The van der Waals surface area contributed by atoms with Gasteiger partial charge in [0.2, 0.25) is 0 Å².